The highest BCUT2D eigenvalue weighted by Crippen LogP contribution is 2.08. The summed E-state index contributed by atoms with van der Waals surface area (Å²) in [5.41, 5.74) is 6.69. The molecule has 15 heavy (non-hydrogen) atoms. The second kappa shape index (κ2) is 6.53. The fourth-order valence-corrected chi connectivity index (χ4v) is 1.21. The van der Waals surface area contributed by atoms with Gasteiger partial charge in [-0.1, -0.05) is 19.1 Å². The van der Waals surface area contributed by atoms with Gasteiger partial charge in [0, 0.05) is 6.61 Å². The molecule has 1 aromatic heterocycles. The molecule has 0 spiro atoms. The number of ether oxygens (including phenoxy) is 1. The minimum Gasteiger partial charge on any atom is -0.380 e. The van der Waals surface area contributed by atoms with Crippen LogP contribution in [0, 0.1) is 0 Å². The van der Waals surface area contributed by atoms with Crippen LogP contribution in [-0.2, 0) is 11.3 Å². The predicted octanol–water partition coefficient (Wildman–Crippen LogP) is 1.11. The van der Waals surface area contributed by atoms with E-state index in [0.717, 1.165) is 31.7 Å². The molecule has 0 aliphatic carbocycles. The number of rotatable bonds is 7. The van der Waals surface area contributed by atoms with Gasteiger partial charge in [0.15, 0.2) is 0 Å². The van der Waals surface area contributed by atoms with Crippen LogP contribution >= 0.6 is 0 Å². The minimum atomic E-state index is -0.00434. The van der Waals surface area contributed by atoms with Gasteiger partial charge in [0.25, 0.3) is 0 Å². The molecule has 1 atom stereocenters. The fraction of sp³-hybridized carbons (Fsp3) is 0.800. The summed E-state index contributed by atoms with van der Waals surface area (Å²) in [7, 11) is 0. The van der Waals surface area contributed by atoms with Crippen LogP contribution in [0.25, 0.3) is 0 Å². The molecule has 0 amide bonds. The summed E-state index contributed by atoms with van der Waals surface area (Å²) >= 11 is 0. The van der Waals surface area contributed by atoms with E-state index in [0.29, 0.717) is 6.61 Å². The van der Waals surface area contributed by atoms with Gasteiger partial charge in [0.1, 0.15) is 0 Å². The number of hydrogen-bond donors (Lipinski definition) is 1. The third-order valence-electron chi connectivity index (χ3n) is 2.19. The van der Waals surface area contributed by atoms with Gasteiger partial charge in [-0.3, -0.25) is 0 Å². The Bertz CT molecular complexity index is 274. The lowest BCUT2D eigenvalue weighted by molar-refractivity contribution is 0.124. The Balaban J connectivity index is 2.33. The molecule has 0 saturated heterocycles. The van der Waals surface area contributed by atoms with Crippen molar-refractivity contribution in [2.24, 2.45) is 5.73 Å². The second-order valence-corrected chi connectivity index (χ2v) is 3.53. The zero-order valence-corrected chi connectivity index (χ0v) is 9.52. The van der Waals surface area contributed by atoms with Crippen molar-refractivity contribution in [2.45, 2.75) is 39.3 Å². The van der Waals surface area contributed by atoms with Crippen LogP contribution in [-0.4, -0.2) is 28.2 Å². The molecule has 0 aliphatic rings. The van der Waals surface area contributed by atoms with Gasteiger partial charge in [-0.05, 0) is 12.8 Å². The number of aromatic nitrogens is 3. The van der Waals surface area contributed by atoms with Crippen LogP contribution in [0.5, 0.6) is 0 Å². The molecule has 0 bridgehead atoms. The minimum absolute atomic E-state index is 0.00434. The maximum atomic E-state index is 5.84. The lowest BCUT2D eigenvalue weighted by atomic mass is 10.2. The van der Waals surface area contributed by atoms with E-state index in [1.54, 1.807) is 4.68 Å². The zero-order valence-electron chi connectivity index (χ0n) is 9.52. The highest BCUT2D eigenvalue weighted by atomic mass is 16.5. The van der Waals surface area contributed by atoms with E-state index in [1.807, 2.05) is 13.1 Å². The molecule has 5 nitrogen and oxygen atoms in total. The van der Waals surface area contributed by atoms with Crippen molar-refractivity contribution < 1.29 is 4.74 Å². The monoisotopic (exact) mass is 212 g/mol. The molecule has 2 N–H and O–H groups in total. The maximum absolute atomic E-state index is 5.84. The molecule has 1 aromatic rings. The summed E-state index contributed by atoms with van der Waals surface area (Å²) in [6.45, 7) is 6.35. The SMILES string of the molecule is CCCOCCn1cc(C(N)CC)nn1. The summed E-state index contributed by atoms with van der Waals surface area (Å²) < 4.78 is 7.14. The Hall–Kier alpha value is -0.940. The first-order valence-electron chi connectivity index (χ1n) is 5.51. The van der Waals surface area contributed by atoms with Gasteiger partial charge < -0.3 is 10.5 Å². The molecular formula is C10H20N4O. The quantitative estimate of drug-likeness (QED) is 0.688. The highest BCUT2D eigenvalue weighted by Gasteiger charge is 2.07. The van der Waals surface area contributed by atoms with E-state index in [1.165, 1.54) is 0 Å². The molecule has 0 fully saturated rings. The summed E-state index contributed by atoms with van der Waals surface area (Å²) in [6.07, 6.45) is 3.82. The lowest BCUT2D eigenvalue weighted by Gasteiger charge is -2.02. The lowest BCUT2D eigenvalue weighted by Crippen LogP contribution is -2.09. The molecule has 5 heteroatoms. The maximum Gasteiger partial charge on any atom is 0.0994 e. The standard InChI is InChI=1S/C10H20N4O/c1-3-6-15-7-5-14-8-10(12-13-14)9(11)4-2/h8-9H,3-7,11H2,1-2H3. The Kier molecular flexibility index (Phi) is 5.28. The summed E-state index contributed by atoms with van der Waals surface area (Å²) in [4.78, 5) is 0. The Morgan fingerprint density at radius 3 is 2.93 bits per heavy atom. The molecule has 1 rings (SSSR count). The van der Waals surface area contributed by atoms with Crippen LogP contribution < -0.4 is 5.73 Å². The first-order valence-corrected chi connectivity index (χ1v) is 5.51. The van der Waals surface area contributed by atoms with Crippen LogP contribution in [0.2, 0.25) is 0 Å². The van der Waals surface area contributed by atoms with Crippen molar-refractivity contribution in [3.8, 4) is 0 Å². The van der Waals surface area contributed by atoms with Gasteiger partial charge in [-0.25, -0.2) is 4.68 Å². The normalized spacial score (nSPS) is 13.0. The van der Waals surface area contributed by atoms with Crippen LogP contribution in [0.3, 0.4) is 0 Å². The fourth-order valence-electron chi connectivity index (χ4n) is 1.21. The molecule has 0 radical (unpaired) electrons. The third-order valence-corrected chi connectivity index (χ3v) is 2.19. The first-order chi connectivity index (χ1) is 7.27. The molecule has 1 unspecified atom stereocenters. The highest BCUT2D eigenvalue weighted by molar-refractivity contribution is 4.98. The molecular weight excluding hydrogens is 192 g/mol. The van der Waals surface area contributed by atoms with Crippen LogP contribution in [0.15, 0.2) is 6.20 Å². The Morgan fingerprint density at radius 2 is 2.27 bits per heavy atom. The zero-order chi connectivity index (χ0) is 11.1. The Labute approximate surface area is 90.6 Å². The van der Waals surface area contributed by atoms with E-state index in [4.69, 9.17) is 10.5 Å². The largest absolute Gasteiger partial charge is 0.380 e. The van der Waals surface area contributed by atoms with E-state index in [-0.39, 0.29) is 6.04 Å². The van der Waals surface area contributed by atoms with E-state index >= 15 is 0 Å². The van der Waals surface area contributed by atoms with Crippen LogP contribution in [0.4, 0.5) is 0 Å². The molecule has 0 aromatic carbocycles. The van der Waals surface area contributed by atoms with E-state index in [2.05, 4.69) is 17.2 Å². The molecule has 1 heterocycles. The second-order valence-electron chi connectivity index (χ2n) is 3.53. The van der Waals surface area contributed by atoms with E-state index in [9.17, 15) is 0 Å². The molecule has 86 valence electrons. The van der Waals surface area contributed by atoms with Crippen molar-refractivity contribution in [1.29, 1.82) is 0 Å². The van der Waals surface area contributed by atoms with Crippen molar-refractivity contribution in [3.63, 3.8) is 0 Å². The summed E-state index contributed by atoms with van der Waals surface area (Å²) in [5, 5.41) is 8.01. The average molecular weight is 212 g/mol. The number of nitrogens with two attached hydrogens (primary N) is 1. The topological polar surface area (TPSA) is 66.0 Å². The predicted molar refractivity (Wildman–Crippen MR) is 58.4 cm³/mol. The van der Waals surface area contributed by atoms with Gasteiger partial charge in [-0.2, -0.15) is 0 Å². The van der Waals surface area contributed by atoms with Crippen molar-refractivity contribution in [2.75, 3.05) is 13.2 Å². The van der Waals surface area contributed by atoms with Crippen molar-refractivity contribution in [1.82, 2.24) is 15.0 Å². The van der Waals surface area contributed by atoms with Gasteiger partial charge in [-0.15, -0.1) is 5.10 Å². The van der Waals surface area contributed by atoms with Crippen LogP contribution in [0.1, 0.15) is 38.4 Å². The average Bonchev–Trinajstić information content (AvgIpc) is 2.72. The van der Waals surface area contributed by atoms with Gasteiger partial charge >= 0.3 is 0 Å². The molecule has 0 aliphatic heterocycles. The third kappa shape index (κ3) is 3.97. The van der Waals surface area contributed by atoms with Gasteiger partial charge in [0.2, 0.25) is 0 Å². The van der Waals surface area contributed by atoms with E-state index < -0.39 is 0 Å². The number of hydrogen-bond acceptors (Lipinski definition) is 4. The summed E-state index contributed by atoms with van der Waals surface area (Å²) in [5.74, 6) is 0. The smallest absolute Gasteiger partial charge is 0.0994 e. The van der Waals surface area contributed by atoms with Gasteiger partial charge in [0.05, 0.1) is 31.1 Å². The van der Waals surface area contributed by atoms with Crippen molar-refractivity contribution >= 4 is 0 Å². The first kappa shape index (κ1) is 12.1. The van der Waals surface area contributed by atoms with Crippen molar-refractivity contribution in [3.05, 3.63) is 11.9 Å². The Morgan fingerprint density at radius 1 is 1.47 bits per heavy atom. The molecule has 0 saturated carbocycles. The number of nitrogens with zero attached hydrogens (tertiary/aromatic N) is 3. The summed E-state index contributed by atoms with van der Waals surface area (Å²) in [6, 6.07) is -0.00434.